The molecule has 1 atom stereocenters. The van der Waals surface area contributed by atoms with Crippen molar-refractivity contribution in [1.29, 1.82) is 0 Å². The summed E-state index contributed by atoms with van der Waals surface area (Å²) in [4.78, 5) is 11.5. The van der Waals surface area contributed by atoms with Crippen molar-refractivity contribution in [1.82, 2.24) is 0 Å². The summed E-state index contributed by atoms with van der Waals surface area (Å²) in [7, 11) is 0. The summed E-state index contributed by atoms with van der Waals surface area (Å²) in [5, 5.41) is 0. The smallest absolute Gasteiger partial charge is 0.175 e. The maximum atomic E-state index is 11.5. The van der Waals surface area contributed by atoms with Crippen molar-refractivity contribution in [3.63, 3.8) is 0 Å². The van der Waals surface area contributed by atoms with Crippen molar-refractivity contribution in [2.45, 2.75) is 45.1 Å². The first-order valence-electron chi connectivity index (χ1n) is 4.74. The molecule has 0 heterocycles. The molecule has 0 amide bonds. The number of nitrogens with two attached hydrogens (primary N) is 1. The highest BCUT2D eigenvalue weighted by Crippen LogP contribution is 2.19. The fraction of sp³-hybridized carbons (Fsp3) is 0.700. The van der Waals surface area contributed by atoms with Crippen molar-refractivity contribution in [2.24, 2.45) is 5.73 Å². The second-order valence-corrected chi connectivity index (χ2v) is 3.35. The first-order chi connectivity index (χ1) is 5.75. The van der Waals surface area contributed by atoms with Crippen molar-refractivity contribution in [3.8, 4) is 0 Å². The van der Waals surface area contributed by atoms with Gasteiger partial charge in [0.05, 0.1) is 6.04 Å². The van der Waals surface area contributed by atoms with Gasteiger partial charge >= 0.3 is 0 Å². The molecule has 0 spiro atoms. The number of rotatable bonds is 3. The van der Waals surface area contributed by atoms with Crippen LogP contribution in [0.1, 0.15) is 39.0 Å². The molecule has 2 N–H and O–H groups in total. The number of carbonyl (C=O) groups excluding carboxylic acids is 1. The third-order valence-electron chi connectivity index (χ3n) is 2.38. The molecule has 0 aromatic carbocycles. The Morgan fingerprint density at radius 1 is 1.67 bits per heavy atom. The van der Waals surface area contributed by atoms with E-state index in [2.05, 4.69) is 6.08 Å². The van der Waals surface area contributed by atoms with Crippen molar-refractivity contribution in [2.75, 3.05) is 0 Å². The van der Waals surface area contributed by atoms with Gasteiger partial charge < -0.3 is 5.73 Å². The van der Waals surface area contributed by atoms with Gasteiger partial charge in [-0.3, -0.25) is 4.79 Å². The molecule has 12 heavy (non-hydrogen) atoms. The number of carbonyl (C=O) groups is 1. The van der Waals surface area contributed by atoms with Crippen LogP contribution in [0.25, 0.3) is 0 Å². The van der Waals surface area contributed by atoms with Gasteiger partial charge in [-0.05, 0) is 37.7 Å². The topological polar surface area (TPSA) is 43.1 Å². The zero-order chi connectivity index (χ0) is 8.97. The van der Waals surface area contributed by atoms with Crippen LogP contribution >= 0.6 is 0 Å². The Labute approximate surface area is 73.8 Å². The van der Waals surface area contributed by atoms with E-state index in [1.807, 2.05) is 6.92 Å². The van der Waals surface area contributed by atoms with Crippen LogP contribution in [0.15, 0.2) is 11.6 Å². The fourth-order valence-electron chi connectivity index (χ4n) is 1.49. The van der Waals surface area contributed by atoms with E-state index in [0.717, 1.165) is 31.3 Å². The quantitative estimate of drug-likeness (QED) is 0.696. The Kier molecular flexibility index (Phi) is 3.48. The molecule has 0 aliphatic heterocycles. The van der Waals surface area contributed by atoms with Crippen LogP contribution in [-0.2, 0) is 4.79 Å². The maximum absolute atomic E-state index is 11.5. The van der Waals surface area contributed by atoms with E-state index in [1.165, 1.54) is 6.42 Å². The van der Waals surface area contributed by atoms with E-state index in [9.17, 15) is 4.79 Å². The number of allylic oxidation sites excluding steroid dienone is 1. The summed E-state index contributed by atoms with van der Waals surface area (Å²) in [6, 6.07) is -0.269. The van der Waals surface area contributed by atoms with Gasteiger partial charge in [0, 0.05) is 0 Å². The first kappa shape index (κ1) is 9.46. The molecule has 0 aromatic heterocycles. The van der Waals surface area contributed by atoms with Gasteiger partial charge in [-0.25, -0.2) is 0 Å². The van der Waals surface area contributed by atoms with Crippen molar-refractivity contribution >= 4 is 5.78 Å². The second kappa shape index (κ2) is 4.41. The number of Topliss-reactive ketones (excluding diaryl/α,β-unsaturated/α-hetero) is 1. The molecule has 0 radical (unpaired) electrons. The molecule has 0 saturated heterocycles. The van der Waals surface area contributed by atoms with Crippen LogP contribution in [0, 0.1) is 0 Å². The van der Waals surface area contributed by atoms with Gasteiger partial charge in [0.1, 0.15) is 0 Å². The summed E-state index contributed by atoms with van der Waals surface area (Å²) < 4.78 is 0. The van der Waals surface area contributed by atoms with Crippen molar-refractivity contribution < 1.29 is 4.79 Å². The summed E-state index contributed by atoms with van der Waals surface area (Å²) >= 11 is 0. The SMILES string of the molecule is CCC(N)C(=O)C1=CCCCC1. The largest absolute Gasteiger partial charge is 0.321 e. The van der Waals surface area contributed by atoms with E-state index in [-0.39, 0.29) is 11.8 Å². The van der Waals surface area contributed by atoms with E-state index in [1.54, 1.807) is 0 Å². The second-order valence-electron chi connectivity index (χ2n) is 3.35. The van der Waals surface area contributed by atoms with Gasteiger partial charge in [-0.1, -0.05) is 13.0 Å². The Bertz CT molecular complexity index is 196. The number of hydrogen-bond donors (Lipinski definition) is 1. The average molecular weight is 167 g/mol. The van der Waals surface area contributed by atoms with Gasteiger partial charge in [0.15, 0.2) is 5.78 Å². The molecule has 0 saturated carbocycles. The van der Waals surface area contributed by atoms with E-state index in [4.69, 9.17) is 5.73 Å². The zero-order valence-corrected chi connectivity index (χ0v) is 7.68. The minimum absolute atomic E-state index is 0.164. The molecule has 1 aliphatic rings. The van der Waals surface area contributed by atoms with E-state index in [0.29, 0.717) is 0 Å². The predicted molar refractivity (Wildman–Crippen MR) is 49.8 cm³/mol. The summed E-state index contributed by atoms with van der Waals surface area (Å²) in [5.74, 6) is 0.164. The standard InChI is InChI=1S/C10H17NO/c1-2-9(11)10(12)8-6-4-3-5-7-8/h6,9H,2-5,7,11H2,1H3. The van der Waals surface area contributed by atoms with Crippen LogP contribution in [-0.4, -0.2) is 11.8 Å². The highest BCUT2D eigenvalue weighted by atomic mass is 16.1. The lowest BCUT2D eigenvalue weighted by Crippen LogP contribution is -2.31. The summed E-state index contributed by atoms with van der Waals surface area (Å²) in [6.07, 6.45) is 7.16. The Morgan fingerprint density at radius 3 is 2.92 bits per heavy atom. The summed E-state index contributed by atoms with van der Waals surface area (Å²) in [6.45, 7) is 1.95. The normalized spacial score (nSPS) is 20.0. The molecule has 68 valence electrons. The fourth-order valence-corrected chi connectivity index (χ4v) is 1.49. The molecule has 1 rings (SSSR count). The third kappa shape index (κ3) is 2.18. The molecule has 0 bridgehead atoms. The number of ketones is 1. The van der Waals surface area contributed by atoms with Gasteiger partial charge in [-0.2, -0.15) is 0 Å². The molecular formula is C10H17NO. The molecule has 1 aliphatic carbocycles. The van der Waals surface area contributed by atoms with Crippen LogP contribution in [0.4, 0.5) is 0 Å². The van der Waals surface area contributed by atoms with Crippen molar-refractivity contribution in [3.05, 3.63) is 11.6 Å². The molecule has 1 unspecified atom stereocenters. The monoisotopic (exact) mass is 167 g/mol. The molecule has 2 heteroatoms. The zero-order valence-electron chi connectivity index (χ0n) is 7.68. The van der Waals surface area contributed by atoms with Crippen LogP contribution in [0.2, 0.25) is 0 Å². The number of hydrogen-bond acceptors (Lipinski definition) is 2. The highest BCUT2D eigenvalue weighted by molar-refractivity contribution is 5.99. The lowest BCUT2D eigenvalue weighted by molar-refractivity contribution is -0.117. The van der Waals surface area contributed by atoms with Crippen LogP contribution in [0.3, 0.4) is 0 Å². The maximum Gasteiger partial charge on any atom is 0.175 e. The van der Waals surface area contributed by atoms with Crippen LogP contribution in [0.5, 0.6) is 0 Å². The summed E-state index contributed by atoms with van der Waals surface area (Å²) in [5.41, 5.74) is 6.63. The molecule has 0 fully saturated rings. The van der Waals surface area contributed by atoms with Gasteiger partial charge in [0.2, 0.25) is 0 Å². The average Bonchev–Trinajstić information content (AvgIpc) is 2.17. The molecule has 0 aromatic rings. The Hall–Kier alpha value is -0.630. The van der Waals surface area contributed by atoms with E-state index < -0.39 is 0 Å². The Morgan fingerprint density at radius 2 is 2.42 bits per heavy atom. The molecular weight excluding hydrogens is 150 g/mol. The highest BCUT2D eigenvalue weighted by Gasteiger charge is 2.17. The van der Waals surface area contributed by atoms with Crippen LogP contribution < -0.4 is 5.73 Å². The minimum atomic E-state index is -0.269. The van der Waals surface area contributed by atoms with E-state index >= 15 is 0 Å². The predicted octanol–water partition coefficient (Wildman–Crippen LogP) is 1.79. The molecule has 2 nitrogen and oxygen atoms in total. The third-order valence-corrected chi connectivity index (χ3v) is 2.38. The Balaban J connectivity index is 2.56. The lowest BCUT2D eigenvalue weighted by atomic mass is 9.93. The van der Waals surface area contributed by atoms with Gasteiger partial charge in [-0.15, -0.1) is 0 Å². The van der Waals surface area contributed by atoms with Gasteiger partial charge in [0.25, 0.3) is 0 Å². The minimum Gasteiger partial charge on any atom is -0.321 e. The lowest BCUT2D eigenvalue weighted by Gasteiger charge is -2.14. The first-order valence-corrected chi connectivity index (χ1v) is 4.74.